The lowest BCUT2D eigenvalue weighted by molar-refractivity contribution is 0.379. The van der Waals surface area contributed by atoms with Gasteiger partial charge in [-0.3, -0.25) is 0 Å². The normalized spacial score (nSPS) is 16.2. The first-order chi connectivity index (χ1) is 12.6. The Balaban J connectivity index is 1.87. The van der Waals surface area contributed by atoms with Gasteiger partial charge in [-0.15, -0.1) is 0 Å². The molecule has 0 saturated carbocycles. The fourth-order valence-electron chi connectivity index (χ4n) is 3.03. The fraction of sp³-hybridized carbons (Fsp3) is 0.562. The van der Waals surface area contributed by atoms with Gasteiger partial charge in [0.25, 0.3) is 0 Å². The molecule has 3 heterocycles. The first-order valence-electron chi connectivity index (χ1n) is 8.72. The van der Waals surface area contributed by atoms with Crippen LogP contribution in [0.25, 0.3) is 0 Å². The Bertz CT molecular complexity index is 918. The molecule has 11 heteroatoms. The molecule has 0 radical (unpaired) electrons. The van der Waals surface area contributed by atoms with Gasteiger partial charge in [0, 0.05) is 44.2 Å². The lowest BCUT2D eigenvalue weighted by atomic mass is 10.1. The number of rotatable bonds is 5. The Hall–Kier alpha value is -2.40. The molecule has 27 heavy (non-hydrogen) atoms. The van der Waals surface area contributed by atoms with E-state index in [1.54, 1.807) is 0 Å². The second-order valence-electron chi connectivity index (χ2n) is 6.97. The molecule has 0 bridgehead atoms. The Kier molecular flexibility index (Phi) is 5.24. The van der Waals surface area contributed by atoms with E-state index in [-0.39, 0.29) is 17.7 Å². The monoisotopic (exact) mass is 395 g/mol. The summed E-state index contributed by atoms with van der Waals surface area (Å²) >= 11 is 0. The molecule has 148 valence electrons. The van der Waals surface area contributed by atoms with Crippen LogP contribution < -0.4 is 16.4 Å². The fourth-order valence-corrected chi connectivity index (χ4v) is 3.85. The van der Waals surface area contributed by atoms with Gasteiger partial charge in [0.15, 0.2) is 0 Å². The van der Waals surface area contributed by atoms with Crippen molar-refractivity contribution in [3.05, 3.63) is 23.1 Å². The van der Waals surface area contributed by atoms with Crippen LogP contribution in [0.2, 0.25) is 0 Å². The highest BCUT2D eigenvalue weighted by atomic mass is 32.2. The first kappa shape index (κ1) is 19.4. The maximum Gasteiger partial charge on any atom is 0.223 e. The van der Waals surface area contributed by atoms with E-state index in [9.17, 15) is 8.42 Å². The Morgan fingerprint density at radius 1 is 1.19 bits per heavy atom. The number of nitrogens with zero attached hydrogens (tertiary/aromatic N) is 5. The summed E-state index contributed by atoms with van der Waals surface area (Å²) in [5.74, 6) is 1.89. The molecule has 0 unspecified atom stereocenters. The third-order valence-corrected chi connectivity index (χ3v) is 5.86. The Morgan fingerprint density at radius 2 is 1.85 bits per heavy atom. The SMILES string of the molecule is CC(C)c1cc(Cc2c(N)nc(N)nc2N2CCN(S(C)(=O)=O)CC2)on1. The number of hydrogen-bond donors (Lipinski definition) is 2. The summed E-state index contributed by atoms with van der Waals surface area (Å²) in [5, 5.41) is 4.07. The lowest BCUT2D eigenvalue weighted by Gasteiger charge is -2.35. The van der Waals surface area contributed by atoms with Crippen LogP contribution in [-0.2, 0) is 16.4 Å². The second-order valence-corrected chi connectivity index (χ2v) is 8.95. The molecule has 1 aliphatic rings. The van der Waals surface area contributed by atoms with Gasteiger partial charge in [0.2, 0.25) is 16.0 Å². The van der Waals surface area contributed by atoms with Crippen molar-refractivity contribution in [1.29, 1.82) is 0 Å². The van der Waals surface area contributed by atoms with Crippen molar-refractivity contribution in [2.75, 3.05) is 48.8 Å². The van der Waals surface area contributed by atoms with E-state index in [1.165, 1.54) is 10.6 Å². The molecule has 0 spiro atoms. The largest absolute Gasteiger partial charge is 0.383 e. The van der Waals surface area contributed by atoms with E-state index in [0.29, 0.717) is 49.7 Å². The number of hydrogen-bond acceptors (Lipinski definition) is 9. The third kappa shape index (κ3) is 4.30. The van der Waals surface area contributed by atoms with Gasteiger partial charge in [-0.05, 0) is 5.92 Å². The molecule has 2 aromatic heterocycles. The van der Waals surface area contributed by atoms with Gasteiger partial charge in [-0.25, -0.2) is 8.42 Å². The minimum atomic E-state index is -3.21. The van der Waals surface area contributed by atoms with E-state index >= 15 is 0 Å². The molecule has 1 aliphatic heterocycles. The summed E-state index contributed by atoms with van der Waals surface area (Å²) in [6, 6.07) is 1.89. The molecule has 2 aromatic rings. The molecule has 0 aromatic carbocycles. The van der Waals surface area contributed by atoms with Crippen LogP contribution in [0.3, 0.4) is 0 Å². The Labute approximate surface area is 158 Å². The summed E-state index contributed by atoms with van der Waals surface area (Å²) in [7, 11) is -3.21. The van der Waals surface area contributed by atoms with Gasteiger partial charge in [-0.1, -0.05) is 19.0 Å². The van der Waals surface area contributed by atoms with E-state index in [1.807, 2.05) is 24.8 Å². The number of nitrogens with two attached hydrogens (primary N) is 2. The number of sulfonamides is 1. The molecule has 10 nitrogen and oxygen atoms in total. The molecule has 3 rings (SSSR count). The number of piperazine rings is 1. The zero-order valence-electron chi connectivity index (χ0n) is 15.7. The standard InChI is InChI=1S/C16H25N7O3S/c1-10(2)13-9-11(26-21-13)8-12-14(17)19-16(18)20-15(12)22-4-6-23(7-5-22)27(3,24)25/h9-10H,4-8H2,1-3H3,(H4,17,18,19,20). The third-order valence-electron chi connectivity index (χ3n) is 4.56. The minimum Gasteiger partial charge on any atom is -0.383 e. The van der Waals surface area contributed by atoms with Gasteiger partial charge in [-0.2, -0.15) is 14.3 Å². The van der Waals surface area contributed by atoms with Gasteiger partial charge < -0.3 is 20.9 Å². The molecule has 1 fully saturated rings. The first-order valence-corrected chi connectivity index (χ1v) is 10.6. The molecular formula is C16H25N7O3S. The molecule has 0 amide bonds. The van der Waals surface area contributed by atoms with Crippen LogP contribution in [0.4, 0.5) is 17.6 Å². The van der Waals surface area contributed by atoms with Crippen molar-refractivity contribution < 1.29 is 12.9 Å². The smallest absolute Gasteiger partial charge is 0.223 e. The van der Waals surface area contributed by atoms with Crippen molar-refractivity contribution in [3.8, 4) is 0 Å². The lowest BCUT2D eigenvalue weighted by Crippen LogP contribution is -2.49. The maximum atomic E-state index is 11.7. The van der Waals surface area contributed by atoms with E-state index in [0.717, 1.165) is 5.69 Å². The van der Waals surface area contributed by atoms with Crippen LogP contribution >= 0.6 is 0 Å². The minimum absolute atomic E-state index is 0.0808. The molecular weight excluding hydrogens is 370 g/mol. The average Bonchev–Trinajstić information content (AvgIpc) is 3.05. The summed E-state index contributed by atoms with van der Waals surface area (Å²) in [4.78, 5) is 10.4. The van der Waals surface area contributed by atoms with Crippen LogP contribution in [0.1, 0.15) is 36.8 Å². The van der Waals surface area contributed by atoms with E-state index < -0.39 is 10.0 Å². The van der Waals surface area contributed by atoms with Crippen molar-refractivity contribution in [2.45, 2.75) is 26.2 Å². The van der Waals surface area contributed by atoms with Crippen molar-refractivity contribution in [3.63, 3.8) is 0 Å². The average molecular weight is 395 g/mol. The van der Waals surface area contributed by atoms with Crippen molar-refractivity contribution in [1.82, 2.24) is 19.4 Å². The highest BCUT2D eigenvalue weighted by Gasteiger charge is 2.27. The molecule has 0 aliphatic carbocycles. The number of anilines is 3. The predicted molar refractivity (Wildman–Crippen MR) is 103 cm³/mol. The topological polar surface area (TPSA) is 144 Å². The Morgan fingerprint density at radius 3 is 2.41 bits per heavy atom. The summed E-state index contributed by atoms with van der Waals surface area (Å²) < 4.78 is 30.3. The molecule has 4 N–H and O–H groups in total. The van der Waals surface area contributed by atoms with Crippen molar-refractivity contribution in [2.24, 2.45) is 0 Å². The van der Waals surface area contributed by atoms with E-state index in [2.05, 4.69) is 15.1 Å². The van der Waals surface area contributed by atoms with E-state index in [4.69, 9.17) is 16.0 Å². The zero-order chi connectivity index (χ0) is 19.8. The van der Waals surface area contributed by atoms with Gasteiger partial charge >= 0.3 is 0 Å². The summed E-state index contributed by atoms with van der Waals surface area (Å²) in [6.45, 7) is 5.81. The van der Waals surface area contributed by atoms with Crippen LogP contribution in [0, 0.1) is 0 Å². The number of nitrogen functional groups attached to an aromatic ring is 2. The van der Waals surface area contributed by atoms with Crippen LogP contribution in [0.15, 0.2) is 10.6 Å². The quantitative estimate of drug-likeness (QED) is 0.736. The summed E-state index contributed by atoms with van der Waals surface area (Å²) in [5.41, 5.74) is 13.5. The van der Waals surface area contributed by atoms with Crippen molar-refractivity contribution >= 4 is 27.6 Å². The predicted octanol–water partition coefficient (Wildman–Crippen LogP) is 0.425. The zero-order valence-corrected chi connectivity index (χ0v) is 16.5. The van der Waals surface area contributed by atoms with Gasteiger partial charge in [0.05, 0.1) is 11.9 Å². The van der Waals surface area contributed by atoms with Gasteiger partial charge in [0.1, 0.15) is 17.4 Å². The molecule has 1 saturated heterocycles. The summed E-state index contributed by atoms with van der Waals surface area (Å²) in [6.07, 6.45) is 1.60. The number of aromatic nitrogens is 3. The van der Waals surface area contributed by atoms with Crippen LogP contribution in [-0.4, -0.2) is 60.3 Å². The highest BCUT2D eigenvalue weighted by molar-refractivity contribution is 7.88. The highest BCUT2D eigenvalue weighted by Crippen LogP contribution is 2.28. The van der Waals surface area contributed by atoms with Crippen LogP contribution in [0.5, 0.6) is 0 Å². The molecule has 0 atom stereocenters. The maximum absolute atomic E-state index is 11.7. The second kappa shape index (κ2) is 7.31.